The van der Waals surface area contributed by atoms with Crippen molar-refractivity contribution in [3.05, 3.63) is 29.8 Å². The Morgan fingerprint density at radius 1 is 1.28 bits per heavy atom. The first-order valence-corrected chi connectivity index (χ1v) is 6.68. The second-order valence-electron chi connectivity index (χ2n) is 5.36. The van der Waals surface area contributed by atoms with E-state index in [1.807, 2.05) is 0 Å². The number of phenolic OH excluding ortho intramolecular Hbond substituents is 1. The maximum absolute atomic E-state index is 12.1. The number of rotatable bonds is 2. The molecule has 0 bridgehead atoms. The van der Waals surface area contributed by atoms with Crippen LogP contribution in [0.1, 0.15) is 43.5 Å². The lowest BCUT2D eigenvalue weighted by Crippen LogP contribution is -2.43. The second-order valence-corrected chi connectivity index (χ2v) is 5.36. The lowest BCUT2D eigenvalue weighted by Gasteiger charge is -2.34. The predicted octanol–water partition coefficient (Wildman–Crippen LogP) is 2.95. The van der Waals surface area contributed by atoms with Crippen molar-refractivity contribution < 1.29 is 9.90 Å². The lowest BCUT2D eigenvalue weighted by atomic mass is 9.78. The molecule has 98 valence electrons. The van der Waals surface area contributed by atoms with Crippen molar-refractivity contribution in [3.63, 3.8) is 0 Å². The topological polar surface area (TPSA) is 49.3 Å². The van der Waals surface area contributed by atoms with Crippen molar-refractivity contribution in [1.29, 1.82) is 0 Å². The lowest BCUT2D eigenvalue weighted by molar-refractivity contribution is 0.0888. The van der Waals surface area contributed by atoms with Crippen molar-refractivity contribution in [3.8, 4) is 5.75 Å². The summed E-state index contributed by atoms with van der Waals surface area (Å²) in [5.41, 5.74) is 0.364. The highest BCUT2D eigenvalue weighted by atomic mass is 16.3. The third-order valence-corrected chi connectivity index (χ3v) is 4.17. The highest BCUT2D eigenvalue weighted by Gasteiger charge is 2.28. The van der Waals surface area contributed by atoms with Crippen molar-refractivity contribution in [2.75, 3.05) is 0 Å². The monoisotopic (exact) mass is 247 g/mol. The molecule has 1 aromatic rings. The number of nitrogens with one attached hydrogen (secondary N) is 1. The molecular weight excluding hydrogens is 226 g/mol. The van der Waals surface area contributed by atoms with Gasteiger partial charge in [0.15, 0.2) is 0 Å². The molecule has 0 spiro atoms. The highest BCUT2D eigenvalue weighted by molar-refractivity contribution is 5.96. The van der Waals surface area contributed by atoms with Crippen molar-refractivity contribution in [2.45, 2.75) is 39.2 Å². The van der Waals surface area contributed by atoms with E-state index in [1.165, 1.54) is 6.42 Å². The van der Waals surface area contributed by atoms with E-state index in [-0.39, 0.29) is 17.7 Å². The minimum atomic E-state index is -0.168. The van der Waals surface area contributed by atoms with Gasteiger partial charge in [0.25, 0.3) is 5.91 Å². The minimum absolute atomic E-state index is 0.0477. The molecule has 2 N–H and O–H groups in total. The summed E-state index contributed by atoms with van der Waals surface area (Å²) < 4.78 is 0. The molecule has 1 fully saturated rings. The Kier molecular flexibility index (Phi) is 3.90. The van der Waals surface area contributed by atoms with E-state index in [4.69, 9.17) is 0 Å². The van der Waals surface area contributed by atoms with Gasteiger partial charge in [-0.25, -0.2) is 0 Å². The molecule has 3 heteroatoms. The van der Waals surface area contributed by atoms with Crippen LogP contribution >= 0.6 is 0 Å². The van der Waals surface area contributed by atoms with Gasteiger partial charge in [-0.15, -0.1) is 0 Å². The zero-order valence-corrected chi connectivity index (χ0v) is 11.0. The fourth-order valence-electron chi connectivity index (χ4n) is 2.70. The highest BCUT2D eigenvalue weighted by Crippen LogP contribution is 2.30. The number of phenols is 1. The van der Waals surface area contributed by atoms with Crippen LogP contribution in [0.15, 0.2) is 24.3 Å². The predicted molar refractivity (Wildman–Crippen MR) is 71.5 cm³/mol. The molecule has 1 aliphatic rings. The first-order valence-electron chi connectivity index (χ1n) is 6.68. The molecule has 3 atom stereocenters. The van der Waals surface area contributed by atoms with Crippen molar-refractivity contribution >= 4 is 5.91 Å². The molecule has 1 saturated carbocycles. The number of para-hydroxylation sites is 1. The van der Waals surface area contributed by atoms with Crippen LogP contribution < -0.4 is 5.32 Å². The van der Waals surface area contributed by atoms with Crippen LogP contribution in [0.3, 0.4) is 0 Å². The van der Waals surface area contributed by atoms with Crippen LogP contribution in [-0.4, -0.2) is 17.1 Å². The third kappa shape index (κ3) is 2.66. The van der Waals surface area contributed by atoms with E-state index in [2.05, 4.69) is 19.2 Å². The maximum Gasteiger partial charge on any atom is 0.255 e. The fraction of sp³-hybridized carbons (Fsp3) is 0.533. The van der Waals surface area contributed by atoms with E-state index in [0.29, 0.717) is 17.4 Å². The Morgan fingerprint density at radius 3 is 2.72 bits per heavy atom. The number of carbonyl (C=O) groups is 1. The van der Waals surface area contributed by atoms with Crippen molar-refractivity contribution in [2.24, 2.45) is 11.8 Å². The molecule has 2 rings (SSSR count). The Balaban J connectivity index is 2.05. The summed E-state index contributed by atoms with van der Waals surface area (Å²) in [5, 5.41) is 12.7. The Morgan fingerprint density at radius 2 is 2.00 bits per heavy atom. The van der Waals surface area contributed by atoms with Gasteiger partial charge < -0.3 is 10.4 Å². The molecule has 0 saturated heterocycles. The quantitative estimate of drug-likeness (QED) is 0.844. The normalized spacial score (nSPS) is 27.8. The molecule has 1 aromatic carbocycles. The zero-order valence-electron chi connectivity index (χ0n) is 11.0. The Hall–Kier alpha value is -1.51. The largest absolute Gasteiger partial charge is 0.507 e. The van der Waals surface area contributed by atoms with E-state index < -0.39 is 0 Å². The summed E-state index contributed by atoms with van der Waals surface area (Å²) in [6.45, 7) is 4.43. The average Bonchev–Trinajstić information content (AvgIpc) is 2.35. The smallest absolute Gasteiger partial charge is 0.255 e. The fourth-order valence-corrected chi connectivity index (χ4v) is 2.70. The third-order valence-electron chi connectivity index (χ3n) is 4.17. The van der Waals surface area contributed by atoms with Gasteiger partial charge >= 0.3 is 0 Å². The molecule has 1 amide bonds. The summed E-state index contributed by atoms with van der Waals surface area (Å²) in [6.07, 6.45) is 3.44. The van der Waals surface area contributed by atoms with Crippen LogP contribution in [0.25, 0.3) is 0 Å². The van der Waals surface area contributed by atoms with Gasteiger partial charge in [0.1, 0.15) is 5.75 Å². The van der Waals surface area contributed by atoms with Crippen LogP contribution in [0.5, 0.6) is 5.75 Å². The van der Waals surface area contributed by atoms with E-state index in [1.54, 1.807) is 24.3 Å². The summed E-state index contributed by atoms with van der Waals surface area (Å²) in [5.74, 6) is 1.02. The number of amides is 1. The molecule has 0 heterocycles. The second kappa shape index (κ2) is 5.42. The van der Waals surface area contributed by atoms with Crippen molar-refractivity contribution in [1.82, 2.24) is 5.32 Å². The van der Waals surface area contributed by atoms with Crippen LogP contribution in [0.2, 0.25) is 0 Å². The summed E-state index contributed by atoms with van der Waals surface area (Å²) in [7, 11) is 0. The van der Waals surface area contributed by atoms with Gasteiger partial charge in [-0.05, 0) is 30.4 Å². The SMILES string of the molecule is CC1CCCC(NC(=O)c2ccccc2O)C1C. The molecule has 0 aromatic heterocycles. The molecule has 3 nitrogen and oxygen atoms in total. The number of hydrogen-bond acceptors (Lipinski definition) is 2. The molecule has 1 aliphatic carbocycles. The summed E-state index contributed by atoms with van der Waals surface area (Å²) in [6, 6.07) is 6.91. The van der Waals surface area contributed by atoms with Gasteiger partial charge in [0.05, 0.1) is 5.56 Å². The van der Waals surface area contributed by atoms with Crippen LogP contribution in [-0.2, 0) is 0 Å². The molecule has 0 aliphatic heterocycles. The summed E-state index contributed by atoms with van der Waals surface area (Å²) in [4.78, 5) is 12.1. The Labute approximate surface area is 108 Å². The van der Waals surface area contributed by atoms with Crippen LogP contribution in [0, 0.1) is 11.8 Å². The van der Waals surface area contributed by atoms with Gasteiger partial charge in [0.2, 0.25) is 0 Å². The van der Waals surface area contributed by atoms with Gasteiger partial charge in [0, 0.05) is 6.04 Å². The minimum Gasteiger partial charge on any atom is -0.507 e. The number of benzene rings is 1. The average molecular weight is 247 g/mol. The van der Waals surface area contributed by atoms with E-state index in [0.717, 1.165) is 12.8 Å². The number of carbonyl (C=O) groups excluding carboxylic acids is 1. The van der Waals surface area contributed by atoms with Gasteiger partial charge in [-0.1, -0.05) is 38.8 Å². The zero-order chi connectivity index (χ0) is 13.1. The number of aromatic hydroxyl groups is 1. The first kappa shape index (κ1) is 12.9. The Bertz CT molecular complexity index is 430. The number of hydrogen-bond donors (Lipinski definition) is 2. The summed E-state index contributed by atoms with van der Waals surface area (Å²) >= 11 is 0. The molecule has 3 unspecified atom stereocenters. The van der Waals surface area contributed by atoms with Gasteiger partial charge in [-0.3, -0.25) is 4.79 Å². The molecule has 18 heavy (non-hydrogen) atoms. The molecule has 0 radical (unpaired) electrons. The maximum atomic E-state index is 12.1. The van der Waals surface area contributed by atoms with E-state index in [9.17, 15) is 9.90 Å². The first-order chi connectivity index (χ1) is 8.59. The van der Waals surface area contributed by atoms with E-state index >= 15 is 0 Å². The van der Waals surface area contributed by atoms with Crippen LogP contribution in [0.4, 0.5) is 0 Å². The van der Waals surface area contributed by atoms with Gasteiger partial charge in [-0.2, -0.15) is 0 Å². The standard InChI is InChI=1S/C15H21NO2/c1-10-6-5-8-13(11(10)2)16-15(18)12-7-3-4-9-14(12)17/h3-4,7,9-11,13,17H,5-6,8H2,1-2H3,(H,16,18). The molecular formula is C15H21NO2.